The van der Waals surface area contributed by atoms with Crippen LogP contribution in [0.15, 0.2) is 48.8 Å². The van der Waals surface area contributed by atoms with Gasteiger partial charge in [-0.1, -0.05) is 24.3 Å². The third-order valence-corrected chi connectivity index (χ3v) is 3.54. The fraction of sp³-hybridized carbons (Fsp3) is 0.125. The molecular weight excluding hydrogens is 267 g/mol. The predicted octanol–water partition coefficient (Wildman–Crippen LogP) is 2.63. The second kappa shape index (κ2) is 5.55. The van der Waals surface area contributed by atoms with E-state index in [9.17, 15) is 4.39 Å². The topological polar surface area (TPSA) is 63.8 Å². The second-order valence-electron chi connectivity index (χ2n) is 4.88. The molecule has 0 saturated heterocycles. The molecule has 0 saturated carbocycles. The molecule has 0 amide bonds. The highest BCUT2D eigenvalue weighted by Crippen LogP contribution is 2.27. The minimum absolute atomic E-state index is 0.251. The average Bonchev–Trinajstić information content (AvgIpc) is 2.52. The number of nitrogens with zero attached hydrogens (tertiary/aromatic N) is 2. The third kappa shape index (κ3) is 2.49. The maximum atomic E-state index is 13.8. The first-order chi connectivity index (χ1) is 10.2. The normalized spacial score (nSPS) is 12.5. The molecule has 3 N–H and O–H groups in total. The fourth-order valence-corrected chi connectivity index (χ4v) is 2.40. The van der Waals surface area contributed by atoms with E-state index in [1.54, 1.807) is 25.4 Å². The predicted molar refractivity (Wildman–Crippen MR) is 79.8 cm³/mol. The number of hydrazine groups is 1. The number of halogens is 1. The summed E-state index contributed by atoms with van der Waals surface area (Å²) < 4.78 is 13.8. The van der Waals surface area contributed by atoms with Gasteiger partial charge < -0.3 is 0 Å². The molecule has 0 aliphatic heterocycles. The molecule has 3 rings (SSSR count). The molecule has 2 aromatic carbocycles. The molecule has 1 heterocycles. The molecule has 0 spiro atoms. The van der Waals surface area contributed by atoms with Gasteiger partial charge in [-0.3, -0.25) is 15.8 Å². The SMILES string of the molecule is Cc1ccc(C(NN)c2cccc3nccnc23)cc1F. The summed E-state index contributed by atoms with van der Waals surface area (Å²) in [7, 11) is 0. The zero-order valence-electron chi connectivity index (χ0n) is 11.5. The van der Waals surface area contributed by atoms with Crippen LogP contribution in [-0.4, -0.2) is 9.97 Å². The van der Waals surface area contributed by atoms with Gasteiger partial charge in [0.05, 0.1) is 17.1 Å². The van der Waals surface area contributed by atoms with Crippen molar-refractivity contribution >= 4 is 11.0 Å². The Morgan fingerprint density at radius 2 is 1.95 bits per heavy atom. The minimum Gasteiger partial charge on any atom is -0.271 e. The van der Waals surface area contributed by atoms with Gasteiger partial charge in [-0.15, -0.1) is 0 Å². The van der Waals surface area contributed by atoms with Gasteiger partial charge in [0.2, 0.25) is 0 Å². The molecule has 0 aliphatic carbocycles. The Bertz CT molecular complexity index is 783. The van der Waals surface area contributed by atoms with E-state index in [4.69, 9.17) is 5.84 Å². The van der Waals surface area contributed by atoms with E-state index in [2.05, 4.69) is 15.4 Å². The lowest BCUT2D eigenvalue weighted by Crippen LogP contribution is -2.29. The van der Waals surface area contributed by atoms with E-state index in [-0.39, 0.29) is 11.9 Å². The largest absolute Gasteiger partial charge is 0.271 e. The Morgan fingerprint density at radius 1 is 1.14 bits per heavy atom. The highest BCUT2D eigenvalue weighted by atomic mass is 19.1. The van der Waals surface area contributed by atoms with Crippen LogP contribution in [0.1, 0.15) is 22.7 Å². The lowest BCUT2D eigenvalue weighted by Gasteiger charge is -2.18. The average molecular weight is 282 g/mol. The number of rotatable bonds is 3. The number of aryl methyl sites for hydroxylation is 1. The van der Waals surface area contributed by atoms with Gasteiger partial charge in [0.25, 0.3) is 0 Å². The van der Waals surface area contributed by atoms with Crippen molar-refractivity contribution in [3.05, 3.63) is 71.3 Å². The maximum Gasteiger partial charge on any atom is 0.126 e. The van der Waals surface area contributed by atoms with E-state index in [1.165, 1.54) is 6.07 Å². The van der Waals surface area contributed by atoms with Gasteiger partial charge in [0, 0.05) is 18.0 Å². The lowest BCUT2D eigenvalue weighted by atomic mass is 9.97. The van der Waals surface area contributed by atoms with E-state index in [0.717, 1.165) is 22.2 Å². The van der Waals surface area contributed by atoms with E-state index in [0.29, 0.717) is 5.56 Å². The molecule has 0 aliphatic rings. The Balaban J connectivity index is 2.16. The summed E-state index contributed by atoms with van der Waals surface area (Å²) in [6.45, 7) is 1.73. The van der Waals surface area contributed by atoms with Crippen molar-refractivity contribution in [2.45, 2.75) is 13.0 Å². The van der Waals surface area contributed by atoms with Crippen molar-refractivity contribution in [2.75, 3.05) is 0 Å². The van der Waals surface area contributed by atoms with Crippen LogP contribution in [0.25, 0.3) is 11.0 Å². The molecule has 4 nitrogen and oxygen atoms in total. The Kier molecular flexibility index (Phi) is 3.60. The first-order valence-electron chi connectivity index (χ1n) is 6.62. The number of benzene rings is 2. The monoisotopic (exact) mass is 282 g/mol. The fourth-order valence-electron chi connectivity index (χ4n) is 2.40. The van der Waals surface area contributed by atoms with Gasteiger partial charge in [-0.05, 0) is 30.2 Å². The van der Waals surface area contributed by atoms with Crippen LogP contribution in [0.3, 0.4) is 0 Å². The summed E-state index contributed by atoms with van der Waals surface area (Å²) in [4.78, 5) is 8.64. The lowest BCUT2D eigenvalue weighted by molar-refractivity contribution is 0.600. The van der Waals surface area contributed by atoms with Gasteiger partial charge in [0.15, 0.2) is 0 Å². The van der Waals surface area contributed by atoms with Crippen molar-refractivity contribution in [1.29, 1.82) is 0 Å². The van der Waals surface area contributed by atoms with Crippen molar-refractivity contribution in [3.8, 4) is 0 Å². The Morgan fingerprint density at radius 3 is 2.71 bits per heavy atom. The number of nitrogens with one attached hydrogen (secondary N) is 1. The first kappa shape index (κ1) is 13.6. The number of fused-ring (bicyclic) bond motifs is 1. The van der Waals surface area contributed by atoms with Gasteiger partial charge >= 0.3 is 0 Å². The highest BCUT2D eigenvalue weighted by molar-refractivity contribution is 5.78. The zero-order chi connectivity index (χ0) is 14.8. The van der Waals surface area contributed by atoms with Crippen LogP contribution < -0.4 is 11.3 Å². The molecule has 0 radical (unpaired) electrons. The number of nitrogens with two attached hydrogens (primary N) is 1. The quantitative estimate of drug-likeness (QED) is 0.572. The molecule has 0 fully saturated rings. The molecule has 1 aromatic heterocycles. The van der Waals surface area contributed by atoms with Crippen LogP contribution in [0.4, 0.5) is 4.39 Å². The molecule has 5 heteroatoms. The molecule has 1 atom stereocenters. The number of para-hydroxylation sites is 1. The summed E-state index contributed by atoms with van der Waals surface area (Å²) in [5.41, 5.74) is 6.49. The molecule has 21 heavy (non-hydrogen) atoms. The Labute approximate surface area is 121 Å². The molecule has 3 aromatic rings. The second-order valence-corrected chi connectivity index (χ2v) is 4.88. The molecular formula is C16H15FN4. The van der Waals surface area contributed by atoms with Crippen LogP contribution in [0, 0.1) is 12.7 Å². The van der Waals surface area contributed by atoms with Crippen molar-refractivity contribution in [2.24, 2.45) is 5.84 Å². The van der Waals surface area contributed by atoms with Crippen LogP contribution in [0.5, 0.6) is 0 Å². The summed E-state index contributed by atoms with van der Waals surface area (Å²) in [5.74, 6) is 5.44. The standard InChI is InChI=1S/C16H15FN4/c1-10-5-6-11(9-13(10)17)15(21-18)12-3-2-4-14-16(12)20-8-7-19-14/h2-9,15,21H,18H2,1H3. The van der Waals surface area contributed by atoms with Crippen LogP contribution in [-0.2, 0) is 0 Å². The van der Waals surface area contributed by atoms with Crippen LogP contribution in [0.2, 0.25) is 0 Å². The van der Waals surface area contributed by atoms with Gasteiger partial charge in [0.1, 0.15) is 5.82 Å². The van der Waals surface area contributed by atoms with Crippen LogP contribution >= 0.6 is 0 Å². The van der Waals surface area contributed by atoms with E-state index >= 15 is 0 Å². The van der Waals surface area contributed by atoms with Crippen molar-refractivity contribution in [1.82, 2.24) is 15.4 Å². The molecule has 1 unspecified atom stereocenters. The number of hydrogen-bond acceptors (Lipinski definition) is 4. The van der Waals surface area contributed by atoms with Crippen molar-refractivity contribution in [3.63, 3.8) is 0 Å². The van der Waals surface area contributed by atoms with Gasteiger partial charge in [-0.2, -0.15) is 0 Å². The number of hydrogen-bond donors (Lipinski definition) is 2. The molecule has 0 bridgehead atoms. The summed E-state index contributed by atoms with van der Waals surface area (Å²) in [5, 5.41) is 0. The van der Waals surface area contributed by atoms with E-state index < -0.39 is 0 Å². The minimum atomic E-state index is -0.347. The smallest absolute Gasteiger partial charge is 0.126 e. The van der Waals surface area contributed by atoms with E-state index in [1.807, 2.05) is 24.3 Å². The first-order valence-corrected chi connectivity index (χ1v) is 6.62. The summed E-state index contributed by atoms with van der Waals surface area (Å²) >= 11 is 0. The maximum absolute atomic E-state index is 13.8. The summed E-state index contributed by atoms with van der Waals surface area (Å²) in [6.07, 6.45) is 3.28. The number of aromatic nitrogens is 2. The Hall–Kier alpha value is -2.37. The zero-order valence-corrected chi connectivity index (χ0v) is 11.5. The molecule has 106 valence electrons. The van der Waals surface area contributed by atoms with Gasteiger partial charge in [-0.25, -0.2) is 9.82 Å². The van der Waals surface area contributed by atoms with Crippen molar-refractivity contribution < 1.29 is 4.39 Å². The third-order valence-electron chi connectivity index (χ3n) is 3.54. The summed E-state index contributed by atoms with van der Waals surface area (Å²) in [6, 6.07) is 10.4. The highest BCUT2D eigenvalue weighted by Gasteiger charge is 2.17.